The van der Waals surface area contributed by atoms with E-state index in [-0.39, 0.29) is 0 Å². The molecular formula is C19H16NO2PS. The number of nitrogens with one attached hydrogen (secondary N) is 1. The molecule has 5 heteroatoms. The minimum Gasteiger partial charge on any atom is -0.362 e. The first-order valence-corrected chi connectivity index (χ1v) is 10.3. The van der Waals surface area contributed by atoms with Crippen molar-refractivity contribution in [2.45, 2.75) is 0 Å². The first kappa shape index (κ1) is 16.6. The van der Waals surface area contributed by atoms with Gasteiger partial charge in [0.2, 0.25) is 0 Å². The van der Waals surface area contributed by atoms with Gasteiger partial charge < -0.3 is 4.84 Å². The summed E-state index contributed by atoms with van der Waals surface area (Å²) in [7, 11) is 0. The topological polar surface area (TPSA) is 38.3 Å². The van der Waals surface area contributed by atoms with Gasteiger partial charge in [-0.05, 0) is 12.1 Å². The third kappa shape index (κ3) is 3.62. The summed E-state index contributed by atoms with van der Waals surface area (Å²) in [6.07, 6.45) is -2.46. The van der Waals surface area contributed by atoms with Crippen LogP contribution in [0.4, 0.5) is 0 Å². The van der Waals surface area contributed by atoms with E-state index in [2.05, 4.69) is 5.25 Å². The van der Waals surface area contributed by atoms with Crippen molar-refractivity contribution in [1.29, 1.82) is 0 Å². The lowest BCUT2D eigenvalue weighted by atomic mass is 10.2. The zero-order valence-corrected chi connectivity index (χ0v) is 14.5. The second kappa shape index (κ2) is 7.54. The molecule has 3 aromatic carbocycles. The molecule has 0 atom stereocenters. The molecule has 3 nitrogen and oxygen atoms in total. The fourth-order valence-corrected chi connectivity index (χ4v) is 5.02. The molecule has 0 radical (unpaired) electrons. The van der Waals surface area contributed by atoms with E-state index in [4.69, 9.17) is 16.6 Å². The van der Waals surface area contributed by atoms with Crippen LogP contribution < -0.4 is 15.9 Å². The SMILES string of the molecule is O=C(ONP(=S)(c1ccccc1)c1ccccc1)c1ccccc1. The van der Waals surface area contributed by atoms with E-state index in [9.17, 15) is 4.79 Å². The van der Waals surface area contributed by atoms with Crippen LogP contribution in [0, 0.1) is 0 Å². The van der Waals surface area contributed by atoms with Gasteiger partial charge >= 0.3 is 5.97 Å². The van der Waals surface area contributed by atoms with Crippen molar-refractivity contribution in [2.24, 2.45) is 0 Å². The van der Waals surface area contributed by atoms with E-state index in [1.807, 2.05) is 66.7 Å². The fraction of sp³-hybridized carbons (Fsp3) is 0. The predicted molar refractivity (Wildman–Crippen MR) is 101 cm³/mol. The van der Waals surface area contributed by atoms with Gasteiger partial charge in [-0.25, -0.2) is 4.79 Å². The van der Waals surface area contributed by atoms with Crippen molar-refractivity contribution in [1.82, 2.24) is 5.25 Å². The van der Waals surface area contributed by atoms with Gasteiger partial charge in [-0.3, -0.25) is 0 Å². The zero-order valence-electron chi connectivity index (χ0n) is 12.8. The summed E-state index contributed by atoms with van der Waals surface area (Å²) < 4.78 is 0. The fourth-order valence-electron chi connectivity index (χ4n) is 2.27. The van der Waals surface area contributed by atoms with Crippen LogP contribution in [0.2, 0.25) is 0 Å². The minimum atomic E-state index is -2.46. The average Bonchev–Trinajstić information content (AvgIpc) is 2.68. The number of hydrogen-bond donors (Lipinski definition) is 1. The van der Waals surface area contributed by atoms with E-state index in [1.165, 1.54) is 0 Å². The second-order valence-electron chi connectivity index (χ2n) is 5.13. The molecular weight excluding hydrogens is 337 g/mol. The monoisotopic (exact) mass is 353 g/mol. The summed E-state index contributed by atoms with van der Waals surface area (Å²) in [4.78, 5) is 17.6. The maximum Gasteiger partial charge on any atom is 0.357 e. The molecule has 0 aromatic heterocycles. The normalized spacial score (nSPS) is 11.0. The Morgan fingerprint density at radius 3 is 1.62 bits per heavy atom. The second-order valence-corrected chi connectivity index (χ2v) is 9.20. The molecule has 0 amide bonds. The Balaban J connectivity index is 1.89. The zero-order chi connectivity index (χ0) is 16.8. The van der Waals surface area contributed by atoms with Crippen LogP contribution >= 0.6 is 6.19 Å². The molecule has 0 aliphatic heterocycles. The van der Waals surface area contributed by atoms with E-state index in [0.29, 0.717) is 5.56 Å². The van der Waals surface area contributed by atoms with Crippen LogP contribution in [0.25, 0.3) is 0 Å². The lowest BCUT2D eigenvalue weighted by molar-refractivity contribution is 0.0418. The van der Waals surface area contributed by atoms with Crippen molar-refractivity contribution in [3.05, 3.63) is 96.6 Å². The number of benzene rings is 3. The van der Waals surface area contributed by atoms with Gasteiger partial charge in [0.15, 0.2) is 0 Å². The van der Waals surface area contributed by atoms with E-state index in [0.717, 1.165) is 10.6 Å². The Morgan fingerprint density at radius 2 is 1.17 bits per heavy atom. The number of hydrogen-bond acceptors (Lipinski definition) is 3. The van der Waals surface area contributed by atoms with Crippen LogP contribution in [0.3, 0.4) is 0 Å². The van der Waals surface area contributed by atoms with E-state index >= 15 is 0 Å². The highest BCUT2D eigenvalue weighted by Crippen LogP contribution is 2.39. The summed E-state index contributed by atoms with van der Waals surface area (Å²) in [5, 5.41) is 4.78. The van der Waals surface area contributed by atoms with Crippen molar-refractivity contribution in [3.8, 4) is 0 Å². The van der Waals surface area contributed by atoms with Crippen LogP contribution in [0.15, 0.2) is 91.0 Å². The molecule has 0 unspecified atom stereocenters. The predicted octanol–water partition coefficient (Wildman–Crippen LogP) is 3.39. The maximum absolute atomic E-state index is 12.2. The molecule has 3 rings (SSSR count). The highest BCUT2D eigenvalue weighted by molar-refractivity contribution is 8.20. The van der Waals surface area contributed by atoms with Gasteiger partial charge in [0.1, 0.15) is 6.19 Å². The standard InChI is InChI=1S/C19H16NO2PS/c21-19(16-10-4-1-5-11-16)22-20-23(24,17-12-6-2-7-13-17)18-14-8-3-9-15-18/h1-15H,(H,20,24). The van der Waals surface area contributed by atoms with Crippen molar-refractivity contribution < 1.29 is 9.63 Å². The molecule has 24 heavy (non-hydrogen) atoms. The average molecular weight is 353 g/mol. The molecule has 0 bridgehead atoms. The van der Waals surface area contributed by atoms with Crippen LogP contribution in [0.1, 0.15) is 10.4 Å². The summed E-state index contributed by atoms with van der Waals surface area (Å²) in [5.41, 5.74) is 0.479. The van der Waals surface area contributed by atoms with E-state index in [1.54, 1.807) is 24.3 Å². The molecule has 0 spiro atoms. The first-order chi connectivity index (χ1) is 11.7. The summed E-state index contributed by atoms with van der Waals surface area (Å²) in [5.74, 6) is -0.448. The highest BCUT2D eigenvalue weighted by Gasteiger charge is 2.24. The summed E-state index contributed by atoms with van der Waals surface area (Å²) >= 11 is 5.93. The minimum absolute atomic E-state index is 0.448. The molecule has 0 aliphatic carbocycles. The number of carbonyl (C=O) groups is 1. The molecule has 0 fully saturated rings. The molecule has 120 valence electrons. The maximum atomic E-state index is 12.2. The van der Waals surface area contributed by atoms with Crippen molar-refractivity contribution in [2.75, 3.05) is 0 Å². The van der Waals surface area contributed by atoms with Gasteiger partial charge in [0.25, 0.3) is 0 Å². The number of carbonyl (C=O) groups excluding carboxylic acids is 1. The van der Waals surface area contributed by atoms with Crippen LogP contribution in [-0.4, -0.2) is 5.97 Å². The van der Waals surface area contributed by atoms with Crippen LogP contribution in [0.5, 0.6) is 0 Å². The Bertz CT molecular complexity index is 811. The van der Waals surface area contributed by atoms with Gasteiger partial charge in [-0.2, -0.15) is 0 Å². The third-order valence-electron chi connectivity index (χ3n) is 3.52. The molecule has 0 aliphatic rings. The van der Waals surface area contributed by atoms with Crippen molar-refractivity contribution in [3.63, 3.8) is 0 Å². The molecule has 0 saturated heterocycles. The molecule has 3 aromatic rings. The molecule has 0 heterocycles. The van der Waals surface area contributed by atoms with Crippen LogP contribution in [-0.2, 0) is 16.6 Å². The lowest BCUT2D eigenvalue weighted by Crippen LogP contribution is -2.29. The van der Waals surface area contributed by atoms with E-state index < -0.39 is 12.2 Å². The molecule has 1 N–H and O–H groups in total. The van der Waals surface area contributed by atoms with Gasteiger partial charge in [-0.15, -0.1) is 5.25 Å². The largest absolute Gasteiger partial charge is 0.362 e. The smallest absolute Gasteiger partial charge is 0.357 e. The highest BCUT2D eigenvalue weighted by atomic mass is 32.4. The third-order valence-corrected chi connectivity index (χ3v) is 7.40. The van der Waals surface area contributed by atoms with Gasteiger partial charge in [0, 0.05) is 10.6 Å². The lowest BCUT2D eigenvalue weighted by Gasteiger charge is -2.23. The quantitative estimate of drug-likeness (QED) is 0.564. The van der Waals surface area contributed by atoms with Gasteiger partial charge in [-0.1, -0.05) is 90.7 Å². The van der Waals surface area contributed by atoms with Gasteiger partial charge in [0.05, 0.1) is 5.56 Å². The Kier molecular flexibility index (Phi) is 5.21. The van der Waals surface area contributed by atoms with Crippen molar-refractivity contribution >= 4 is 34.6 Å². The summed E-state index contributed by atoms with van der Waals surface area (Å²) in [6, 6.07) is 28.3. The Labute approximate surface area is 146 Å². The Morgan fingerprint density at radius 1 is 0.750 bits per heavy atom. The summed E-state index contributed by atoms with van der Waals surface area (Å²) in [6.45, 7) is 0. The Hall–Kier alpha value is -2.26. The first-order valence-electron chi connectivity index (χ1n) is 7.45. The molecule has 0 saturated carbocycles. The number of rotatable bonds is 5.